The zero-order valence-corrected chi connectivity index (χ0v) is 19.2. The molecule has 1 aromatic carbocycles. The van der Waals surface area contributed by atoms with Gasteiger partial charge in [0, 0.05) is 11.9 Å². The Balaban J connectivity index is 1.59. The molecule has 0 radical (unpaired) electrons. The maximum absolute atomic E-state index is 12.8. The second-order valence-corrected chi connectivity index (χ2v) is 9.53. The third-order valence-electron chi connectivity index (χ3n) is 5.40. The Hall–Kier alpha value is -1.96. The van der Waals surface area contributed by atoms with E-state index in [2.05, 4.69) is 27.4 Å². The van der Waals surface area contributed by atoms with Crippen LogP contribution in [0.2, 0.25) is 5.02 Å². The van der Waals surface area contributed by atoms with E-state index in [4.69, 9.17) is 11.6 Å². The summed E-state index contributed by atoms with van der Waals surface area (Å²) in [4.78, 5) is 32.4. The molecule has 0 aliphatic carbocycles. The normalized spacial score (nSPS) is 16.4. The van der Waals surface area contributed by atoms with Crippen molar-refractivity contribution >= 4 is 39.9 Å². The lowest BCUT2D eigenvalue weighted by atomic mass is 9.99. The van der Waals surface area contributed by atoms with Gasteiger partial charge in [0.2, 0.25) is 5.91 Å². The Bertz CT molecular complexity index is 878. The van der Waals surface area contributed by atoms with Crippen LogP contribution in [0.5, 0.6) is 0 Å². The number of hydrogen-bond acceptors (Lipinski definition) is 5. The topological polar surface area (TPSA) is 74.3 Å². The fraction of sp³-hybridized carbons (Fsp3) is 0.500. The predicted molar refractivity (Wildman–Crippen MR) is 122 cm³/mol. The standard InChI is InChI=1S/C22H29ClN4O2S/c1-14(2)19(25-20(28)17-6-4-5-7-18(17)23)21(29)26-22-24-16(13-30-22)12-27-10-8-15(3)9-11-27/h4-7,13-15,19H,8-12H2,1-3H3,(H,25,28)(H,24,26,29). The summed E-state index contributed by atoms with van der Waals surface area (Å²) >= 11 is 7.52. The average molecular weight is 449 g/mol. The number of benzene rings is 1. The van der Waals surface area contributed by atoms with Crippen LogP contribution < -0.4 is 10.6 Å². The Kier molecular flexibility index (Phi) is 7.86. The number of likely N-dealkylation sites (tertiary alicyclic amines) is 1. The van der Waals surface area contributed by atoms with E-state index in [1.807, 2.05) is 19.2 Å². The quantitative estimate of drug-likeness (QED) is 0.657. The van der Waals surface area contributed by atoms with Crippen LogP contribution in [0.15, 0.2) is 29.6 Å². The first-order chi connectivity index (χ1) is 14.3. The number of hydrogen-bond donors (Lipinski definition) is 2. The van der Waals surface area contributed by atoms with Gasteiger partial charge in [0.15, 0.2) is 5.13 Å². The molecule has 1 atom stereocenters. The molecule has 1 unspecified atom stereocenters. The van der Waals surface area contributed by atoms with Crippen molar-refractivity contribution in [3.05, 3.63) is 45.9 Å². The molecule has 6 nitrogen and oxygen atoms in total. The van der Waals surface area contributed by atoms with Crippen LogP contribution in [0.1, 0.15) is 49.7 Å². The van der Waals surface area contributed by atoms with Gasteiger partial charge >= 0.3 is 0 Å². The Morgan fingerprint density at radius 3 is 2.63 bits per heavy atom. The zero-order valence-electron chi connectivity index (χ0n) is 17.7. The van der Waals surface area contributed by atoms with Crippen molar-refractivity contribution in [1.82, 2.24) is 15.2 Å². The molecule has 0 spiro atoms. The molecule has 1 fully saturated rings. The van der Waals surface area contributed by atoms with Crippen molar-refractivity contribution in [3.63, 3.8) is 0 Å². The molecule has 0 saturated carbocycles. The van der Waals surface area contributed by atoms with Crippen LogP contribution >= 0.6 is 22.9 Å². The summed E-state index contributed by atoms with van der Waals surface area (Å²) in [6.45, 7) is 9.05. The molecule has 0 bridgehead atoms. The third-order valence-corrected chi connectivity index (χ3v) is 6.53. The number of carbonyl (C=O) groups is 2. The smallest absolute Gasteiger partial charge is 0.253 e. The van der Waals surface area contributed by atoms with Crippen LogP contribution in [0.25, 0.3) is 0 Å². The number of nitrogens with one attached hydrogen (secondary N) is 2. The van der Waals surface area contributed by atoms with E-state index >= 15 is 0 Å². The number of thiazole rings is 1. The summed E-state index contributed by atoms with van der Waals surface area (Å²) in [6.07, 6.45) is 2.43. The molecule has 30 heavy (non-hydrogen) atoms. The molecule has 3 rings (SSSR count). The number of halogens is 1. The van der Waals surface area contributed by atoms with Crippen LogP contribution in [-0.2, 0) is 11.3 Å². The van der Waals surface area contributed by atoms with Gasteiger partial charge in [-0.05, 0) is 49.9 Å². The molecule has 1 aliphatic heterocycles. The number of carbonyl (C=O) groups excluding carboxylic acids is 2. The molecule has 1 saturated heterocycles. The van der Waals surface area contributed by atoms with Gasteiger partial charge < -0.3 is 10.6 Å². The van der Waals surface area contributed by atoms with E-state index in [1.165, 1.54) is 24.2 Å². The predicted octanol–water partition coefficient (Wildman–Crippen LogP) is 4.42. The highest BCUT2D eigenvalue weighted by Gasteiger charge is 2.26. The molecule has 162 valence electrons. The number of anilines is 1. The van der Waals surface area contributed by atoms with Gasteiger partial charge in [0.25, 0.3) is 5.91 Å². The van der Waals surface area contributed by atoms with Gasteiger partial charge in [-0.3, -0.25) is 14.5 Å². The average Bonchev–Trinajstić information content (AvgIpc) is 3.14. The second kappa shape index (κ2) is 10.4. The summed E-state index contributed by atoms with van der Waals surface area (Å²) in [6, 6.07) is 6.11. The SMILES string of the molecule is CC1CCN(Cc2csc(NC(=O)C(NC(=O)c3ccccc3Cl)C(C)C)n2)CC1. The molecule has 2 heterocycles. The van der Waals surface area contributed by atoms with Crippen molar-refractivity contribution in [3.8, 4) is 0 Å². The van der Waals surface area contributed by atoms with Crippen molar-refractivity contribution in [2.75, 3.05) is 18.4 Å². The third kappa shape index (κ3) is 6.03. The van der Waals surface area contributed by atoms with Crippen molar-refractivity contribution < 1.29 is 9.59 Å². The van der Waals surface area contributed by atoms with Crippen LogP contribution in [-0.4, -0.2) is 40.8 Å². The van der Waals surface area contributed by atoms with Gasteiger partial charge in [-0.15, -0.1) is 11.3 Å². The summed E-state index contributed by atoms with van der Waals surface area (Å²) in [7, 11) is 0. The first-order valence-electron chi connectivity index (χ1n) is 10.4. The number of amides is 2. The first-order valence-corrected chi connectivity index (χ1v) is 11.6. The van der Waals surface area contributed by atoms with E-state index < -0.39 is 6.04 Å². The Morgan fingerprint density at radius 2 is 1.97 bits per heavy atom. The number of rotatable bonds is 7. The van der Waals surface area contributed by atoms with Crippen LogP contribution in [0.4, 0.5) is 5.13 Å². The first kappa shape index (κ1) is 22.7. The highest BCUT2D eigenvalue weighted by atomic mass is 35.5. The highest BCUT2D eigenvalue weighted by molar-refractivity contribution is 7.13. The Labute approximate surface area is 187 Å². The van der Waals surface area contributed by atoms with E-state index in [0.717, 1.165) is 31.2 Å². The summed E-state index contributed by atoms with van der Waals surface area (Å²) in [5.74, 6) is 0.0541. The molecular formula is C22H29ClN4O2S. The summed E-state index contributed by atoms with van der Waals surface area (Å²) in [5.41, 5.74) is 1.32. The van der Waals surface area contributed by atoms with E-state index in [-0.39, 0.29) is 17.7 Å². The molecule has 2 amide bonds. The molecule has 2 aromatic rings. The minimum Gasteiger partial charge on any atom is -0.340 e. The molecule has 2 N–H and O–H groups in total. The Morgan fingerprint density at radius 1 is 1.27 bits per heavy atom. The van der Waals surface area contributed by atoms with Crippen molar-refractivity contribution in [1.29, 1.82) is 0 Å². The lowest BCUT2D eigenvalue weighted by Gasteiger charge is -2.29. The van der Waals surface area contributed by atoms with Gasteiger partial charge in [-0.2, -0.15) is 0 Å². The van der Waals surface area contributed by atoms with Crippen molar-refractivity contribution in [2.45, 2.75) is 46.2 Å². The molecular weight excluding hydrogens is 420 g/mol. The van der Waals surface area contributed by atoms with E-state index in [9.17, 15) is 9.59 Å². The molecule has 1 aliphatic rings. The largest absolute Gasteiger partial charge is 0.340 e. The van der Waals surface area contributed by atoms with Gasteiger partial charge in [-0.1, -0.05) is 44.5 Å². The minimum atomic E-state index is -0.690. The number of piperidine rings is 1. The number of aromatic nitrogens is 1. The highest BCUT2D eigenvalue weighted by Crippen LogP contribution is 2.22. The fourth-order valence-electron chi connectivity index (χ4n) is 3.47. The summed E-state index contributed by atoms with van der Waals surface area (Å²) < 4.78 is 0. The molecule has 1 aromatic heterocycles. The van der Waals surface area contributed by atoms with Crippen LogP contribution in [0.3, 0.4) is 0 Å². The lowest BCUT2D eigenvalue weighted by molar-refractivity contribution is -0.118. The van der Waals surface area contributed by atoms with Crippen molar-refractivity contribution in [2.24, 2.45) is 11.8 Å². The number of nitrogens with zero attached hydrogens (tertiary/aromatic N) is 2. The van der Waals surface area contributed by atoms with E-state index in [1.54, 1.807) is 24.3 Å². The van der Waals surface area contributed by atoms with Gasteiger partial charge in [0.1, 0.15) is 6.04 Å². The fourth-order valence-corrected chi connectivity index (χ4v) is 4.39. The minimum absolute atomic E-state index is 0.0915. The van der Waals surface area contributed by atoms with E-state index in [0.29, 0.717) is 15.7 Å². The second-order valence-electron chi connectivity index (χ2n) is 8.27. The zero-order chi connectivity index (χ0) is 21.7. The maximum atomic E-state index is 12.8. The van der Waals surface area contributed by atoms with Crippen LogP contribution in [0, 0.1) is 11.8 Å². The summed E-state index contributed by atoms with van der Waals surface area (Å²) in [5, 5.41) is 8.56. The molecule has 8 heteroatoms. The van der Waals surface area contributed by atoms with Gasteiger partial charge in [-0.25, -0.2) is 4.98 Å². The lowest BCUT2D eigenvalue weighted by Crippen LogP contribution is -2.47. The monoisotopic (exact) mass is 448 g/mol. The maximum Gasteiger partial charge on any atom is 0.253 e. The van der Waals surface area contributed by atoms with Gasteiger partial charge in [0.05, 0.1) is 16.3 Å².